The van der Waals surface area contributed by atoms with Crippen molar-refractivity contribution in [1.29, 1.82) is 0 Å². The standard InChI is InChI=1S/C16H22N2O3/c1-4-11-8-12(9-14(17)19)15(20)18(10(11)2)13-6-5-7-16(13,3)21/h4,8,13,21H,1,5-7,9H2,2-3H3,(H2,17,19)/t13-,16-/m0/s1. The monoisotopic (exact) mass is 290 g/mol. The summed E-state index contributed by atoms with van der Waals surface area (Å²) in [7, 11) is 0. The Balaban J connectivity index is 2.66. The number of carbonyl (C=O) groups excluding carboxylic acids is 1. The molecule has 2 atom stereocenters. The van der Waals surface area contributed by atoms with E-state index in [1.807, 2.05) is 6.92 Å². The van der Waals surface area contributed by atoms with E-state index in [1.54, 1.807) is 23.6 Å². The maximum absolute atomic E-state index is 12.7. The summed E-state index contributed by atoms with van der Waals surface area (Å²) in [6.45, 7) is 7.34. The molecule has 1 aromatic heterocycles. The highest BCUT2D eigenvalue weighted by molar-refractivity contribution is 5.76. The van der Waals surface area contributed by atoms with E-state index >= 15 is 0 Å². The Morgan fingerprint density at radius 2 is 2.33 bits per heavy atom. The molecule has 1 saturated carbocycles. The van der Waals surface area contributed by atoms with Gasteiger partial charge in [-0.3, -0.25) is 9.59 Å². The largest absolute Gasteiger partial charge is 0.388 e. The lowest BCUT2D eigenvalue weighted by molar-refractivity contribution is -0.117. The quantitative estimate of drug-likeness (QED) is 0.876. The highest BCUT2D eigenvalue weighted by Gasteiger charge is 2.39. The average Bonchev–Trinajstić information content (AvgIpc) is 2.73. The Labute approximate surface area is 124 Å². The third kappa shape index (κ3) is 2.78. The van der Waals surface area contributed by atoms with Crippen molar-refractivity contribution in [2.45, 2.75) is 51.2 Å². The van der Waals surface area contributed by atoms with Crippen LogP contribution in [0.5, 0.6) is 0 Å². The molecule has 1 aliphatic carbocycles. The van der Waals surface area contributed by atoms with E-state index in [1.165, 1.54) is 0 Å². The van der Waals surface area contributed by atoms with E-state index in [0.29, 0.717) is 12.0 Å². The van der Waals surface area contributed by atoms with Gasteiger partial charge in [0.15, 0.2) is 0 Å². The molecule has 0 spiro atoms. The Morgan fingerprint density at radius 1 is 1.67 bits per heavy atom. The van der Waals surface area contributed by atoms with Gasteiger partial charge in [-0.05, 0) is 44.7 Å². The smallest absolute Gasteiger partial charge is 0.254 e. The zero-order chi connectivity index (χ0) is 15.8. The summed E-state index contributed by atoms with van der Waals surface area (Å²) in [4.78, 5) is 23.8. The van der Waals surface area contributed by atoms with Crippen molar-refractivity contribution < 1.29 is 9.90 Å². The Kier molecular flexibility index (Phi) is 4.05. The summed E-state index contributed by atoms with van der Waals surface area (Å²) >= 11 is 0. The normalized spacial score (nSPS) is 25.0. The fraction of sp³-hybridized carbons (Fsp3) is 0.500. The third-order valence-corrected chi connectivity index (χ3v) is 4.38. The average molecular weight is 290 g/mol. The van der Waals surface area contributed by atoms with Crippen LogP contribution in [0.15, 0.2) is 17.4 Å². The Morgan fingerprint density at radius 3 is 2.81 bits per heavy atom. The zero-order valence-electron chi connectivity index (χ0n) is 12.6. The number of hydrogen-bond donors (Lipinski definition) is 2. The highest BCUT2D eigenvalue weighted by atomic mass is 16.3. The minimum absolute atomic E-state index is 0.102. The number of carbonyl (C=O) groups is 1. The zero-order valence-corrected chi connectivity index (χ0v) is 12.6. The molecule has 0 radical (unpaired) electrons. The first-order chi connectivity index (χ1) is 9.77. The van der Waals surface area contributed by atoms with Crippen LogP contribution < -0.4 is 11.3 Å². The molecule has 0 bridgehead atoms. The molecule has 1 heterocycles. The van der Waals surface area contributed by atoms with Gasteiger partial charge in [-0.2, -0.15) is 0 Å². The van der Waals surface area contributed by atoms with Crippen LogP contribution in [0, 0.1) is 6.92 Å². The van der Waals surface area contributed by atoms with Crippen LogP contribution in [0.25, 0.3) is 6.08 Å². The molecule has 0 unspecified atom stereocenters. The first-order valence-corrected chi connectivity index (χ1v) is 7.16. The number of rotatable bonds is 4. The van der Waals surface area contributed by atoms with Gasteiger partial charge in [0.1, 0.15) is 0 Å². The van der Waals surface area contributed by atoms with E-state index in [-0.39, 0.29) is 18.0 Å². The minimum atomic E-state index is -0.918. The van der Waals surface area contributed by atoms with Crippen LogP contribution in [0.1, 0.15) is 49.0 Å². The van der Waals surface area contributed by atoms with Crippen molar-refractivity contribution in [3.05, 3.63) is 39.8 Å². The molecule has 1 aromatic rings. The van der Waals surface area contributed by atoms with E-state index < -0.39 is 11.5 Å². The van der Waals surface area contributed by atoms with Crippen LogP contribution in [0.2, 0.25) is 0 Å². The van der Waals surface area contributed by atoms with Crippen molar-refractivity contribution in [1.82, 2.24) is 4.57 Å². The molecule has 21 heavy (non-hydrogen) atoms. The van der Waals surface area contributed by atoms with Gasteiger partial charge in [0.25, 0.3) is 5.56 Å². The predicted molar refractivity (Wildman–Crippen MR) is 81.9 cm³/mol. The van der Waals surface area contributed by atoms with Crippen molar-refractivity contribution in [2.24, 2.45) is 5.73 Å². The number of nitrogens with zero attached hydrogens (tertiary/aromatic N) is 1. The molecule has 5 heteroatoms. The number of aromatic nitrogens is 1. The summed E-state index contributed by atoms with van der Waals surface area (Å²) in [5.41, 5.74) is 5.95. The van der Waals surface area contributed by atoms with Gasteiger partial charge in [0.2, 0.25) is 5.91 Å². The van der Waals surface area contributed by atoms with Crippen LogP contribution in [0.4, 0.5) is 0 Å². The maximum Gasteiger partial charge on any atom is 0.254 e. The molecular formula is C16H22N2O3. The van der Waals surface area contributed by atoms with Crippen molar-refractivity contribution >= 4 is 12.0 Å². The first kappa shape index (κ1) is 15.5. The molecule has 0 aliphatic heterocycles. The molecule has 5 nitrogen and oxygen atoms in total. The number of nitrogens with two attached hydrogens (primary N) is 1. The molecule has 114 valence electrons. The van der Waals surface area contributed by atoms with Gasteiger partial charge in [-0.15, -0.1) is 0 Å². The van der Waals surface area contributed by atoms with E-state index in [2.05, 4.69) is 6.58 Å². The van der Waals surface area contributed by atoms with Gasteiger partial charge in [-0.25, -0.2) is 0 Å². The second-order valence-electron chi connectivity index (χ2n) is 6.00. The van der Waals surface area contributed by atoms with Gasteiger partial charge < -0.3 is 15.4 Å². The van der Waals surface area contributed by atoms with Crippen LogP contribution >= 0.6 is 0 Å². The van der Waals surface area contributed by atoms with Gasteiger partial charge in [0, 0.05) is 11.3 Å². The lowest BCUT2D eigenvalue weighted by atomic mass is 9.98. The summed E-state index contributed by atoms with van der Waals surface area (Å²) in [5.74, 6) is -0.546. The third-order valence-electron chi connectivity index (χ3n) is 4.38. The molecule has 1 aliphatic rings. The minimum Gasteiger partial charge on any atom is -0.388 e. The summed E-state index contributed by atoms with van der Waals surface area (Å²) in [6.07, 6.45) is 3.82. The SMILES string of the molecule is C=Cc1cc(CC(N)=O)c(=O)n([C@H]2CCC[C@]2(C)O)c1C. The second kappa shape index (κ2) is 5.48. The number of amides is 1. The molecule has 1 fully saturated rings. The van der Waals surface area contributed by atoms with Crippen LogP contribution in [-0.2, 0) is 11.2 Å². The maximum atomic E-state index is 12.7. The predicted octanol–water partition coefficient (Wildman–Crippen LogP) is 1.30. The molecule has 3 N–H and O–H groups in total. The van der Waals surface area contributed by atoms with Gasteiger partial charge in [-0.1, -0.05) is 12.7 Å². The molecule has 1 amide bonds. The fourth-order valence-electron chi connectivity index (χ4n) is 3.23. The van der Waals surface area contributed by atoms with Crippen molar-refractivity contribution in [2.75, 3.05) is 0 Å². The Bertz CT molecular complexity index is 644. The van der Waals surface area contributed by atoms with E-state index in [9.17, 15) is 14.7 Å². The van der Waals surface area contributed by atoms with E-state index in [4.69, 9.17) is 5.73 Å². The fourth-order valence-corrected chi connectivity index (χ4v) is 3.23. The second-order valence-corrected chi connectivity index (χ2v) is 6.00. The Hall–Kier alpha value is -1.88. The van der Waals surface area contributed by atoms with E-state index in [0.717, 1.165) is 24.1 Å². The lowest BCUT2D eigenvalue weighted by Crippen LogP contribution is -2.40. The number of pyridine rings is 1. The number of aliphatic hydroxyl groups is 1. The lowest BCUT2D eigenvalue weighted by Gasteiger charge is -2.30. The molecule has 0 saturated heterocycles. The van der Waals surface area contributed by atoms with Crippen molar-refractivity contribution in [3.63, 3.8) is 0 Å². The van der Waals surface area contributed by atoms with Crippen LogP contribution in [0.3, 0.4) is 0 Å². The van der Waals surface area contributed by atoms with Gasteiger partial charge >= 0.3 is 0 Å². The topological polar surface area (TPSA) is 85.3 Å². The van der Waals surface area contributed by atoms with Gasteiger partial charge in [0.05, 0.1) is 18.1 Å². The summed E-state index contributed by atoms with van der Waals surface area (Å²) < 4.78 is 1.61. The van der Waals surface area contributed by atoms with Crippen molar-refractivity contribution in [3.8, 4) is 0 Å². The molecular weight excluding hydrogens is 268 g/mol. The highest BCUT2D eigenvalue weighted by Crippen LogP contribution is 2.39. The first-order valence-electron chi connectivity index (χ1n) is 7.16. The summed E-state index contributed by atoms with van der Waals surface area (Å²) in [5, 5.41) is 10.5. The number of primary amides is 1. The van der Waals surface area contributed by atoms with Crippen LogP contribution in [-0.4, -0.2) is 21.2 Å². The number of hydrogen-bond acceptors (Lipinski definition) is 3. The molecule has 0 aromatic carbocycles. The molecule has 2 rings (SSSR count). The summed E-state index contributed by atoms with van der Waals surface area (Å²) in [6, 6.07) is 1.38.